The predicted molar refractivity (Wildman–Crippen MR) is 116 cm³/mol. The predicted octanol–water partition coefficient (Wildman–Crippen LogP) is 5.56. The molecule has 1 amide bonds. The molecule has 0 spiro atoms. The third kappa shape index (κ3) is 4.41. The average molecular weight is 413 g/mol. The van der Waals surface area contributed by atoms with Gasteiger partial charge in [0.25, 0.3) is 5.91 Å². The SMILES string of the molecule is Cc1cn(Cc2ccc(F)cc2)c(C(=O)Nc2ccc(CC#N)cc2)c1-c1ccco1. The molecule has 0 radical (unpaired) electrons. The first-order chi connectivity index (χ1) is 15.0. The van der Waals surface area contributed by atoms with Crippen LogP contribution < -0.4 is 5.32 Å². The third-order valence-corrected chi connectivity index (χ3v) is 5.01. The van der Waals surface area contributed by atoms with Crippen LogP contribution in [0, 0.1) is 24.1 Å². The van der Waals surface area contributed by atoms with Gasteiger partial charge in [-0.3, -0.25) is 4.79 Å². The van der Waals surface area contributed by atoms with Gasteiger partial charge in [0.15, 0.2) is 0 Å². The van der Waals surface area contributed by atoms with E-state index in [1.54, 1.807) is 36.6 Å². The van der Waals surface area contributed by atoms with E-state index in [1.807, 2.05) is 35.9 Å². The Morgan fingerprint density at radius 2 is 1.81 bits per heavy atom. The van der Waals surface area contributed by atoms with Gasteiger partial charge in [0, 0.05) is 18.4 Å². The standard InChI is InChI=1S/C25H20FN3O2/c1-17-15-29(16-19-4-8-20(26)9-5-19)24(23(17)22-3-2-14-31-22)25(30)28-21-10-6-18(7-11-21)12-13-27/h2-11,14-15H,12,16H2,1H3,(H,28,30). The van der Waals surface area contributed by atoms with Crippen LogP contribution in [0.3, 0.4) is 0 Å². The van der Waals surface area contributed by atoms with Crippen molar-refractivity contribution in [1.29, 1.82) is 5.26 Å². The van der Waals surface area contributed by atoms with Crippen LogP contribution >= 0.6 is 0 Å². The zero-order valence-electron chi connectivity index (χ0n) is 16.9. The summed E-state index contributed by atoms with van der Waals surface area (Å²) in [5, 5.41) is 11.8. The van der Waals surface area contributed by atoms with Crippen molar-refractivity contribution in [2.24, 2.45) is 0 Å². The highest BCUT2D eigenvalue weighted by atomic mass is 19.1. The minimum Gasteiger partial charge on any atom is -0.464 e. The van der Waals surface area contributed by atoms with Gasteiger partial charge in [-0.1, -0.05) is 24.3 Å². The van der Waals surface area contributed by atoms with E-state index < -0.39 is 0 Å². The van der Waals surface area contributed by atoms with Crippen LogP contribution in [0.5, 0.6) is 0 Å². The van der Waals surface area contributed by atoms with Crippen LogP contribution in [0.15, 0.2) is 77.5 Å². The fraction of sp³-hybridized carbons (Fsp3) is 0.120. The molecular formula is C25H20FN3O2. The van der Waals surface area contributed by atoms with Crippen molar-refractivity contribution in [3.8, 4) is 17.4 Å². The van der Waals surface area contributed by atoms with Crippen molar-refractivity contribution in [2.75, 3.05) is 5.32 Å². The second-order valence-electron chi connectivity index (χ2n) is 7.25. The number of aromatic nitrogens is 1. The molecule has 1 N–H and O–H groups in total. The quantitative estimate of drug-likeness (QED) is 0.450. The lowest BCUT2D eigenvalue weighted by molar-refractivity contribution is 0.101. The van der Waals surface area contributed by atoms with Gasteiger partial charge in [0.05, 0.1) is 24.3 Å². The van der Waals surface area contributed by atoms with Crippen molar-refractivity contribution in [1.82, 2.24) is 4.57 Å². The number of rotatable bonds is 6. The smallest absolute Gasteiger partial charge is 0.273 e. The summed E-state index contributed by atoms with van der Waals surface area (Å²) in [6.07, 6.45) is 3.78. The van der Waals surface area contributed by atoms with Crippen molar-refractivity contribution in [3.05, 3.63) is 101 Å². The molecule has 0 saturated carbocycles. The third-order valence-electron chi connectivity index (χ3n) is 5.01. The van der Waals surface area contributed by atoms with Crippen LogP contribution in [0.2, 0.25) is 0 Å². The van der Waals surface area contributed by atoms with E-state index in [1.165, 1.54) is 12.1 Å². The van der Waals surface area contributed by atoms with Gasteiger partial charge in [-0.2, -0.15) is 5.26 Å². The van der Waals surface area contributed by atoms with Crippen LogP contribution in [-0.4, -0.2) is 10.5 Å². The Morgan fingerprint density at radius 1 is 1.10 bits per heavy atom. The number of amides is 1. The number of nitrogens with one attached hydrogen (secondary N) is 1. The van der Waals surface area contributed by atoms with Gasteiger partial charge in [-0.25, -0.2) is 4.39 Å². The molecule has 0 aliphatic heterocycles. The molecule has 6 heteroatoms. The first-order valence-electron chi connectivity index (χ1n) is 9.80. The molecule has 2 heterocycles. The highest BCUT2D eigenvalue weighted by molar-refractivity contribution is 6.08. The number of anilines is 1. The van der Waals surface area contributed by atoms with Gasteiger partial charge < -0.3 is 14.3 Å². The highest BCUT2D eigenvalue weighted by Gasteiger charge is 2.23. The summed E-state index contributed by atoms with van der Waals surface area (Å²) in [5.74, 6) is 0.0149. The Bertz CT molecular complexity index is 1230. The van der Waals surface area contributed by atoms with Crippen molar-refractivity contribution >= 4 is 11.6 Å². The number of halogens is 1. The summed E-state index contributed by atoms with van der Waals surface area (Å²) in [6, 6.07) is 19.1. The van der Waals surface area contributed by atoms with Crippen LogP contribution in [0.4, 0.5) is 10.1 Å². The maximum absolute atomic E-state index is 13.3. The first kappa shape index (κ1) is 20.2. The molecule has 0 atom stereocenters. The Morgan fingerprint density at radius 3 is 2.45 bits per heavy atom. The van der Waals surface area contributed by atoms with E-state index in [0.717, 1.165) is 16.7 Å². The Hall–Kier alpha value is -4.11. The number of furan rings is 1. The number of aryl methyl sites for hydroxylation is 1. The average Bonchev–Trinajstić information content (AvgIpc) is 3.39. The summed E-state index contributed by atoms with van der Waals surface area (Å²) < 4.78 is 20.7. The minimum absolute atomic E-state index is 0.283. The Kier molecular flexibility index (Phi) is 5.67. The Balaban J connectivity index is 1.70. The molecule has 31 heavy (non-hydrogen) atoms. The number of carbonyl (C=O) groups excluding carboxylic acids is 1. The minimum atomic E-state index is -0.304. The fourth-order valence-electron chi connectivity index (χ4n) is 3.57. The molecule has 0 unspecified atom stereocenters. The molecule has 0 bridgehead atoms. The normalized spacial score (nSPS) is 10.6. The highest BCUT2D eigenvalue weighted by Crippen LogP contribution is 2.31. The molecule has 0 fully saturated rings. The summed E-state index contributed by atoms with van der Waals surface area (Å²) in [4.78, 5) is 13.3. The number of carbonyl (C=O) groups is 1. The van der Waals surface area contributed by atoms with E-state index in [2.05, 4.69) is 11.4 Å². The molecule has 2 aromatic heterocycles. The molecule has 0 aliphatic carbocycles. The van der Waals surface area contributed by atoms with E-state index in [-0.39, 0.29) is 11.7 Å². The summed E-state index contributed by atoms with van der Waals surface area (Å²) in [6.45, 7) is 2.33. The lowest BCUT2D eigenvalue weighted by atomic mass is 10.1. The monoisotopic (exact) mass is 413 g/mol. The molecule has 0 aliphatic rings. The zero-order chi connectivity index (χ0) is 21.8. The van der Waals surface area contributed by atoms with E-state index in [9.17, 15) is 9.18 Å². The van der Waals surface area contributed by atoms with Crippen LogP contribution in [0.25, 0.3) is 11.3 Å². The van der Waals surface area contributed by atoms with E-state index in [4.69, 9.17) is 9.68 Å². The number of benzene rings is 2. The molecule has 4 aromatic rings. The van der Waals surface area contributed by atoms with Gasteiger partial charge >= 0.3 is 0 Å². The van der Waals surface area contributed by atoms with Gasteiger partial charge in [0.1, 0.15) is 17.3 Å². The second-order valence-corrected chi connectivity index (χ2v) is 7.25. The van der Waals surface area contributed by atoms with Crippen LogP contribution in [0.1, 0.15) is 27.2 Å². The fourth-order valence-corrected chi connectivity index (χ4v) is 3.57. The second kappa shape index (κ2) is 8.72. The van der Waals surface area contributed by atoms with Gasteiger partial charge in [-0.05, 0) is 60.0 Å². The lowest BCUT2D eigenvalue weighted by Gasteiger charge is -2.12. The maximum atomic E-state index is 13.3. The number of nitriles is 1. The summed E-state index contributed by atoms with van der Waals surface area (Å²) >= 11 is 0. The lowest BCUT2D eigenvalue weighted by Crippen LogP contribution is -2.18. The molecular weight excluding hydrogens is 393 g/mol. The van der Waals surface area contributed by atoms with E-state index in [0.29, 0.717) is 35.7 Å². The van der Waals surface area contributed by atoms with Crippen molar-refractivity contribution in [2.45, 2.75) is 19.9 Å². The van der Waals surface area contributed by atoms with E-state index >= 15 is 0 Å². The van der Waals surface area contributed by atoms with Gasteiger partial charge in [-0.15, -0.1) is 0 Å². The van der Waals surface area contributed by atoms with Gasteiger partial charge in [0.2, 0.25) is 0 Å². The molecule has 154 valence electrons. The molecule has 2 aromatic carbocycles. The number of hydrogen-bond acceptors (Lipinski definition) is 3. The number of nitrogens with zero attached hydrogens (tertiary/aromatic N) is 2. The van der Waals surface area contributed by atoms with Crippen LogP contribution in [-0.2, 0) is 13.0 Å². The maximum Gasteiger partial charge on any atom is 0.273 e. The van der Waals surface area contributed by atoms with Crippen molar-refractivity contribution in [3.63, 3.8) is 0 Å². The summed E-state index contributed by atoms with van der Waals surface area (Å²) in [5.41, 5.74) is 4.45. The topological polar surface area (TPSA) is 71.0 Å². The summed E-state index contributed by atoms with van der Waals surface area (Å²) in [7, 11) is 0. The molecule has 5 nitrogen and oxygen atoms in total. The Labute approximate surface area is 179 Å². The largest absolute Gasteiger partial charge is 0.464 e. The first-order valence-corrected chi connectivity index (χ1v) is 9.80. The zero-order valence-corrected chi connectivity index (χ0v) is 16.9. The number of hydrogen-bond donors (Lipinski definition) is 1. The molecule has 4 rings (SSSR count). The molecule has 0 saturated heterocycles. The van der Waals surface area contributed by atoms with Crippen molar-refractivity contribution < 1.29 is 13.6 Å².